The molecule has 2 heterocycles. The van der Waals surface area contributed by atoms with Crippen LogP contribution in [0.25, 0.3) is 0 Å². The molecule has 2 aliphatic heterocycles. The predicted molar refractivity (Wildman–Crippen MR) is 109 cm³/mol. The standard InChI is InChI=1S/C22H35N3O2/c1-18(2)23-22(26)25-14-6-8-19-16-21(10-9-20(19)17-25)27-15-7-13-24-11-4-3-5-12-24/h9-10,16,18H,3-8,11-15,17H2,1-2H3,(H,23,26). The summed E-state index contributed by atoms with van der Waals surface area (Å²) in [5, 5.41) is 3.00. The van der Waals surface area contributed by atoms with E-state index < -0.39 is 0 Å². The molecule has 0 atom stereocenters. The zero-order valence-electron chi connectivity index (χ0n) is 17.0. The van der Waals surface area contributed by atoms with E-state index in [4.69, 9.17) is 4.74 Å². The van der Waals surface area contributed by atoms with Crippen molar-refractivity contribution in [2.24, 2.45) is 0 Å². The monoisotopic (exact) mass is 373 g/mol. The van der Waals surface area contributed by atoms with Crippen molar-refractivity contribution in [2.45, 2.75) is 65.0 Å². The first-order valence-electron chi connectivity index (χ1n) is 10.6. The number of piperidine rings is 1. The van der Waals surface area contributed by atoms with Crippen molar-refractivity contribution in [1.82, 2.24) is 15.1 Å². The van der Waals surface area contributed by atoms with E-state index in [9.17, 15) is 4.79 Å². The van der Waals surface area contributed by atoms with Gasteiger partial charge in [0, 0.05) is 25.7 Å². The van der Waals surface area contributed by atoms with Crippen molar-refractivity contribution in [3.8, 4) is 5.75 Å². The lowest BCUT2D eigenvalue weighted by atomic mass is 10.0. The molecule has 5 heteroatoms. The average molecular weight is 374 g/mol. The smallest absolute Gasteiger partial charge is 0.317 e. The molecule has 0 unspecified atom stereocenters. The molecule has 2 aliphatic rings. The zero-order chi connectivity index (χ0) is 19.1. The number of hydrogen-bond acceptors (Lipinski definition) is 3. The molecule has 0 aromatic heterocycles. The van der Waals surface area contributed by atoms with Crippen LogP contribution in [0.2, 0.25) is 0 Å². The second kappa shape index (κ2) is 9.98. The number of fused-ring (bicyclic) bond motifs is 1. The van der Waals surface area contributed by atoms with Crippen LogP contribution in [0.4, 0.5) is 4.79 Å². The number of carbonyl (C=O) groups excluding carboxylic acids is 1. The minimum Gasteiger partial charge on any atom is -0.494 e. The maximum atomic E-state index is 12.3. The van der Waals surface area contributed by atoms with Crippen molar-refractivity contribution in [3.63, 3.8) is 0 Å². The van der Waals surface area contributed by atoms with Crippen molar-refractivity contribution >= 4 is 6.03 Å². The Balaban J connectivity index is 1.49. The molecule has 0 spiro atoms. The number of rotatable bonds is 6. The topological polar surface area (TPSA) is 44.8 Å². The Morgan fingerprint density at radius 3 is 2.70 bits per heavy atom. The normalized spacial score (nSPS) is 18.1. The zero-order valence-corrected chi connectivity index (χ0v) is 17.0. The lowest BCUT2D eigenvalue weighted by molar-refractivity contribution is 0.193. The molecule has 0 aliphatic carbocycles. The van der Waals surface area contributed by atoms with Gasteiger partial charge in [0.1, 0.15) is 5.75 Å². The summed E-state index contributed by atoms with van der Waals surface area (Å²) in [6, 6.07) is 6.58. The second-order valence-corrected chi connectivity index (χ2v) is 8.16. The number of nitrogens with zero attached hydrogens (tertiary/aromatic N) is 2. The Hall–Kier alpha value is -1.75. The lowest BCUT2D eigenvalue weighted by Crippen LogP contribution is -2.42. The van der Waals surface area contributed by atoms with Gasteiger partial charge in [-0.1, -0.05) is 12.5 Å². The highest BCUT2D eigenvalue weighted by molar-refractivity contribution is 5.74. The number of nitrogens with one attached hydrogen (secondary N) is 1. The largest absolute Gasteiger partial charge is 0.494 e. The van der Waals surface area contributed by atoms with Crippen LogP contribution in [0, 0.1) is 0 Å². The number of benzene rings is 1. The van der Waals surface area contributed by atoms with Crippen LogP contribution >= 0.6 is 0 Å². The van der Waals surface area contributed by atoms with Gasteiger partial charge in [-0.15, -0.1) is 0 Å². The Morgan fingerprint density at radius 1 is 1.11 bits per heavy atom. The van der Waals surface area contributed by atoms with Crippen molar-refractivity contribution in [2.75, 3.05) is 32.8 Å². The van der Waals surface area contributed by atoms with Gasteiger partial charge in [-0.05, 0) is 82.3 Å². The fourth-order valence-corrected chi connectivity index (χ4v) is 4.00. The minimum atomic E-state index is 0.0379. The van der Waals surface area contributed by atoms with Gasteiger partial charge in [0.25, 0.3) is 0 Å². The highest BCUT2D eigenvalue weighted by Gasteiger charge is 2.19. The van der Waals surface area contributed by atoms with Gasteiger partial charge in [0.15, 0.2) is 0 Å². The highest BCUT2D eigenvalue weighted by atomic mass is 16.5. The van der Waals surface area contributed by atoms with Gasteiger partial charge in [0.2, 0.25) is 0 Å². The molecule has 27 heavy (non-hydrogen) atoms. The van der Waals surface area contributed by atoms with Crippen LogP contribution in [0.1, 0.15) is 57.1 Å². The summed E-state index contributed by atoms with van der Waals surface area (Å²) in [6.45, 7) is 9.90. The predicted octanol–water partition coefficient (Wildman–Crippen LogP) is 3.81. The van der Waals surface area contributed by atoms with E-state index in [-0.39, 0.29) is 12.1 Å². The molecular weight excluding hydrogens is 338 g/mol. The van der Waals surface area contributed by atoms with Gasteiger partial charge in [-0.2, -0.15) is 0 Å². The molecule has 3 rings (SSSR count). The summed E-state index contributed by atoms with van der Waals surface area (Å²) in [6.07, 6.45) is 7.16. The number of hydrogen-bond donors (Lipinski definition) is 1. The summed E-state index contributed by atoms with van der Waals surface area (Å²) in [7, 11) is 0. The van der Waals surface area contributed by atoms with Crippen LogP contribution in [0.5, 0.6) is 5.75 Å². The number of ether oxygens (including phenoxy) is 1. The minimum absolute atomic E-state index is 0.0379. The van der Waals surface area contributed by atoms with E-state index in [0.29, 0.717) is 6.54 Å². The Bertz CT molecular complexity index is 612. The first-order valence-corrected chi connectivity index (χ1v) is 10.6. The number of likely N-dealkylation sites (tertiary alicyclic amines) is 1. The third-order valence-corrected chi connectivity index (χ3v) is 5.45. The molecule has 1 saturated heterocycles. The van der Waals surface area contributed by atoms with Crippen LogP contribution in [-0.2, 0) is 13.0 Å². The maximum Gasteiger partial charge on any atom is 0.317 e. The van der Waals surface area contributed by atoms with Crippen LogP contribution in [0.15, 0.2) is 18.2 Å². The van der Waals surface area contributed by atoms with Crippen molar-refractivity contribution in [3.05, 3.63) is 29.3 Å². The van der Waals surface area contributed by atoms with Crippen molar-refractivity contribution < 1.29 is 9.53 Å². The van der Waals surface area contributed by atoms with Gasteiger partial charge >= 0.3 is 6.03 Å². The molecule has 1 aromatic carbocycles. The molecule has 150 valence electrons. The van der Waals surface area contributed by atoms with E-state index in [0.717, 1.165) is 44.7 Å². The molecular formula is C22H35N3O2. The van der Waals surface area contributed by atoms with Crippen LogP contribution < -0.4 is 10.1 Å². The molecule has 0 bridgehead atoms. The number of amides is 2. The van der Waals surface area contributed by atoms with Crippen LogP contribution in [0.3, 0.4) is 0 Å². The number of urea groups is 1. The van der Waals surface area contributed by atoms with Gasteiger partial charge in [-0.3, -0.25) is 0 Å². The molecule has 1 aromatic rings. The summed E-state index contributed by atoms with van der Waals surface area (Å²) < 4.78 is 6.01. The lowest BCUT2D eigenvalue weighted by Gasteiger charge is -2.26. The van der Waals surface area contributed by atoms with Crippen molar-refractivity contribution in [1.29, 1.82) is 0 Å². The summed E-state index contributed by atoms with van der Waals surface area (Å²) >= 11 is 0. The SMILES string of the molecule is CC(C)NC(=O)N1CCCc2cc(OCCCN3CCCCC3)ccc2C1. The number of carbonyl (C=O) groups is 1. The number of aryl methyl sites for hydroxylation is 1. The first kappa shape index (κ1) is 20.0. The van der Waals surface area contributed by atoms with Crippen LogP contribution in [-0.4, -0.2) is 54.7 Å². The Morgan fingerprint density at radius 2 is 1.93 bits per heavy atom. The van der Waals surface area contributed by atoms with E-state index in [1.165, 1.54) is 43.5 Å². The van der Waals surface area contributed by atoms with E-state index in [1.54, 1.807) is 0 Å². The first-order chi connectivity index (χ1) is 13.1. The average Bonchev–Trinajstić information content (AvgIpc) is 2.87. The Kier molecular flexibility index (Phi) is 7.39. The molecule has 1 N–H and O–H groups in total. The third kappa shape index (κ3) is 6.13. The highest BCUT2D eigenvalue weighted by Crippen LogP contribution is 2.24. The van der Waals surface area contributed by atoms with Gasteiger partial charge in [-0.25, -0.2) is 4.79 Å². The molecule has 5 nitrogen and oxygen atoms in total. The summed E-state index contributed by atoms with van der Waals surface area (Å²) in [5.74, 6) is 0.965. The van der Waals surface area contributed by atoms with Gasteiger partial charge < -0.3 is 19.9 Å². The van der Waals surface area contributed by atoms with E-state index in [2.05, 4.69) is 28.4 Å². The quantitative estimate of drug-likeness (QED) is 0.771. The van der Waals surface area contributed by atoms with E-state index in [1.807, 2.05) is 18.7 Å². The maximum absolute atomic E-state index is 12.3. The fourth-order valence-electron chi connectivity index (χ4n) is 4.00. The molecule has 2 amide bonds. The summed E-state index contributed by atoms with van der Waals surface area (Å²) in [4.78, 5) is 16.8. The molecule has 0 radical (unpaired) electrons. The third-order valence-electron chi connectivity index (χ3n) is 5.45. The second-order valence-electron chi connectivity index (χ2n) is 8.16. The Labute approximate surface area is 164 Å². The summed E-state index contributed by atoms with van der Waals surface area (Å²) in [5.41, 5.74) is 2.57. The molecule has 0 saturated carbocycles. The molecule has 1 fully saturated rings. The van der Waals surface area contributed by atoms with E-state index >= 15 is 0 Å². The van der Waals surface area contributed by atoms with Gasteiger partial charge in [0.05, 0.1) is 6.61 Å². The fraction of sp³-hybridized carbons (Fsp3) is 0.682.